The lowest BCUT2D eigenvalue weighted by atomic mass is 9.91. The monoisotopic (exact) mass is 346 g/mol. The first-order valence-electron chi connectivity index (χ1n) is 8.73. The molecule has 1 aromatic heterocycles. The minimum atomic E-state index is -0.481. The first-order valence-corrected chi connectivity index (χ1v) is 8.73. The number of carbonyl (C=O) groups excluding carboxylic acids is 2. The molecule has 3 fully saturated rings. The van der Waals surface area contributed by atoms with Gasteiger partial charge < -0.3 is 19.9 Å². The van der Waals surface area contributed by atoms with Gasteiger partial charge >= 0.3 is 6.09 Å². The van der Waals surface area contributed by atoms with Crippen molar-refractivity contribution in [2.75, 3.05) is 25.0 Å². The van der Waals surface area contributed by atoms with Crippen molar-refractivity contribution in [2.24, 2.45) is 0 Å². The van der Waals surface area contributed by atoms with Crippen LogP contribution in [0.4, 0.5) is 10.6 Å². The van der Waals surface area contributed by atoms with Gasteiger partial charge in [0.05, 0.1) is 11.6 Å². The van der Waals surface area contributed by atoms with E-state index in [0.717, 1.165) is 25.2 Å². The first-order chi connectivity index (χ1) is 11.8. The molecule has 0 aliphatic carbocycles. The number of anilines is 1. The molecule has 3 aliphatic heterocycles. The van der Waals surface area contributed by atoms with Gasteiger partial charge in [0.2, 0.25) is 0 Å². The summed E-state index contributed by atoms with van der Waals surface area (Å²) in [6.07, 6.45) is 3.38. The van der Waals surface area contributed by atoms with Crippen LogP contribution in [0.1, 0.15) is 44.0 Å². The lowest BCUT2D eigenvalue weighted by Crippen LogP contribution is -2.64. The van der Waals surface area contributed by atoms with Crippen molar-refractivity contribution in [1.82, 2.24) is 15.2 Å². The maximum Gasteiger partial charge on any atom is 0.410 e. The molecule has 2 bridgehead atoms. The van der Waals surface area contributed by atoms with Crippen LogP contribution in [-0.2, 0) is 4.74 Å². The molecule has 0 saturated carbocycles. The Hall–Kier alpha value is -2.31. The van der Waals surface area contributed by atoms with Crippen molar-refractivity contribution in [3.63, 3.8) is 0 Å². The molecule has 7 nitrogen and oxygen atoms in total. The van der Waals surface area contributed by atoms with Crippen LogP contribution in [0.25, 0.3) is 0 Å². The maximum absolute atomic E-state index is 12.4. The van der Waals surface area contributed by atoms with E-state index in [9.17, 15) is 9.59 Å². The Bertz CT molecular complexity index is 653. The molecule has 1 N–H and O–H groups in total. The summed E-state index contributed by atoms with van der Waals surface area (Å²) in [6.45, 7) is 7.06. The highest BCUT2D eigenvalue weighted by atomic mass is 16.6. The van der Waals surface area contributed by atoms with E-state index in [1.165, 1.54) is 0 Å². The van der Waals surface area contributed by atoms with Gasteiger partial charge in [0.25, 0.3) is 5.91 Å². The minimum Gasteiger partial charge on any atom is -0.444 e. The number of piperazine rings is 1. The number of rotatable bonds is 2. The normalized spacial score (nSPS) is 22.7. The molecule has 0 spiro atoms. The zero-order chi connectivity index (χ0) is 18.2. The molecule has 2 atom stereocenters. The van der Waals surface area contributed by atoms with Gasteiger partial charge in [0, 0.05) is 32.4 Å². The molecule has 7 heteroatoms. The molecule has 3 aliphatic rings. The summed E-state index contributed by atoms with van der Waals surface area (Å²) in [5, 5.41) is 2.59. The van der Waals surface area contributed by atoms with Crippen LogP contribution in [0.3, 0.4) is 0 Å². The SMILES string of the molecule is CNC(=O)c1ccc(N2CC3CCC2CN3C(=O)OC(C)(C)C)nc1. The standard InChI is InChI=1S/C18H26N4O3/c1-18(2,3)25-17(24)22-11-13-6-7-14(22)10-21(13)15-8-5-12(9-20-15)16(23)19-4/h5,8-9,13-14H,6-7,10-11H2,1-4H3,(H,19,23). The highest BCUT2D eigenvalue weighted by Crippen LogP contribution is 2.32. The molecule has 4 rings (SSSR count). The Morgan fingerprint density at radius 2 is 1.92 bits per heavy atom. The quantitative estimate of drug-likeness (QED) is 0.887. The molecule has 2 unspecified atom stereocenters. The second kappa shape index (κ2) is 6.54. The predicted molar refractivity (Wildman–Crippen MR) is 94.7 cm³/mol. The number of nitrogens with one attached hydrogen (secondary N) is 1. The number of fused-ring (bicyclic) bond motifs is 3. The van der Waals surface area contributed by atoms with Gasteiger partial charge in [0.15, 0.2) is 0 Å². The fraction of sp³-hybridized carbons (Fsp3) is 0.611. The number of pyridine rings is 1. The summed E-state index contributed by atoms with van der Waals surface area (Å²) in [6, 6.07) is 4.04. The van der Waals surface area contributed by atoms with Gasteiger partial charge in [0.1, 0.15) is 11.4 Å². The number of ether oxygens (including phenoxy) is 1. The lowest BCUT2D eigenvalue weighted by molar-refractivity contribution is 0.000775. The van der Waals surface area contributed by atoms with Crippen molar-refractivity contribution in [2.45, 2.75) is 51.3 Å². The van der Waals surface area contributed by atoms with E-state index in [1.807, 2.05) is 31.7 Å². The number of nitrogens with zero attached hydrogens (tertiary/aromatic N) is 3. The van der Waals surface area contributed by atoms with E-state index in [4.69, 9.17) is 4.74 Å². The molecule has 136 valence electrons. The van der Waals surface area contributed by atoms with Gasteiger partial charge in [-0.15, -0.1) is 0 Å². The number of hydrogen-bond acceptors (Lipinski definition) is 5. The van der Waals surface area contributed by atoms with Crippen LogP contribution >= 0.6 is 0 Å². The molecule has 1 aromatic rings. The van der Waals surface area contributed by atoms with Crippen LogP contribution in [-0.4, -0.2) is 59.7 Å². The average Bonchev–Trinajstić information content (AvgIpc) is 2.60. The van der Waals surface area contributed by atoms with Crippen LogP contribution in [0.5, 0.6) is 0 Å². The Balaban J connectivity index is 1.70. The topological polar surface area (TPSA) is 74.8 Å². The molecule has 0 radical (unpaired) electrons. The fourth-order valence-corrected chi connectivity index (χ4v) is 3.49. The zero-order valence-corrected chi connectivity index (χ0v) is 15.3. The number of amides is 2. The van der Waals surface area contributed by atoms with Crippen LogP contribution in [0.2, 0.25) is 0 Å². The summed E-state index contributed by atoms with van der Waals surface area (Å²) in [5.74, 6) is 0.710. The third kappa shape index (κ3) is 3.70. The smallest absolute Gasteiger partial charge is 0.410 e. The molecule has 0 aromatic carbocycles. The Kier molecular flexibility index (Phi) is 4.58. The highest BCUT2D eigenvalue weighted by Gasteiger charge is 2.42. The third-order valence-corrected chi connectivity index (χ3v) is 4.69. The number of aromatic nitrogens is 1. The summed E-state index contributed by atoms with van der Waals surface area (Å²) in [7, 11) is 1.60. The molecular weight excluding hydrogens is 320 g/mol. The fourth-order valence-electron chi connectivity index (χ4n) is 3.49. The second-order valence-electron chi connectivity index (χ2n) is 7.65. The van der Waals surface area contributed by atoms with Crippen molar-refractivity contribution >= 4 is 17.8 Å². The number of hydrogen-bond donors (Lipinski definition) is 1. The summed E-state index contributed by atoms with van der Waals surface area (Å²) < 4.78 is 5.53. The Labute approximate surface area is 148 Å². The van der Waals surface area contributed by atoms with E-state index >= 15 is 0 Å². The van der Waals surface area contributed by atoms with Crippen molar-refractivity contribution < 1.29 is 14.3 Å². The van der Waals surface area contributed by atoms with Gasteiger partial charge in [-0.2, -0.15) is 0 Å². The number of piperidine rings is 2. The predicted octanol–water partition coefficient (Wildman–Crippen LogP) is 2.03. The number of carbonyl (C=O) groups is 2. The Morgan fingerprint density at radius 1 is 1.20 bits per heavy atom. The molecular formula is C18H26N4O3. The minimum absolute atomic E-state index is 0.139. The summed E-state index contributed by atoms with van der Waals surface area (Å²) in [5.41, 5.74) is 0.0637. The van der Waals surface area contributed by atoms with Crippen LogP contribution in [0.15, 0.2) is 18.3 Å². The summed E-state index contributed by atoms with van der Waals surface area (Å²) in [4.78, 5) is 32.6. The molecule has 4 heterocycles. The Morgan fingerprint density at radius 3 is 2.44 bits per heavy atom. The van der Waals surface area contributed by atoms with Crippen molar-refractivity contribution in [3.05, 3.63) is 23.9 Å². The van der Waals surface area contributed by atoms with Gasteiger partial charge in [-0.1, -0.05) is 0 Å². The summed E-state index contributed by atoms with van der Waals surface area (Å²) >= 11 is 0. The van der Waals surface area contributed by atoms with Gasteiger partial charge in [-0.05, 0) is 45.7 Å². The van der Waals surface area contributed by atoms with E-state index in [0.29, 0.717) is 12.1 Å². The third-order valence-electron chi connectivity index (χ3n) is 4.69. The van der Waals surface area contributed by atoms with Gasteiger partial charge in [-0.25, -0.2) is 9.78 Å². The molecule has 2 amide bonds. The van der Waals surface area contributed by atoms with E-state index in [1.54, 1.807) is 19.3 Å². The van der Waals surface area contributed by atoms with E-state index in [2.05, 4.69) is 15.2 Å². The second-order valence-corrected chi connectivity index (χ2v) is 7.65. The lowest BCUT2D eigenvalue weighted by Gasteiger charge is -2.51. The highest BCUT2D eigenvalue weighted by molar-refractivity contribution is 5.93. The average molecular weight is 346 g/mol. The van der Waals surface area contributed by atoms with Crippen LogP contribution in [0, 0.1) is 0 Å². The van der Waals surface area contributed by atoms with Gasteiger partial charge in [-0.3, -0.25) is 4.79 Å². The van der Waals surface area contributed by atoms with E-state index in [-0.39, 0.29) is 24.1 Å². The molecule has 25 heavy (non-hydrogen) atoms. The zero-order valence-electron chi connectivity index (χ0n) is 15.3. The van der Waals surface area contributed by atoms with Crippen molar-refractivity contribution in [3.8, 4) is 0 Å². The first kappa shape index (κ1) is 17.5. The maximum atomic E-state index is 12.4. The molecule has 3 saturated heterocycles. The van der Waals surface area contributed by atoms with Crippen molar-refractivity contribution in [1.29, 1.82) is 0 Å². The van der Waals surface area contributed by atoms with E-state index < -0.39 is 5.60 Å². The van der Waals surface area contributed by atoms with Crippen LogP contribution < -0.4 is 10.2 Å². The largest absolute Gasteiger partial charge is 0.444 e.